The van der Waals surface area contributed by atoms with Crippen molar-refractivity contribution >= 4 is 17.5 Å². The molecule has 0 spiro atoms. The molecule has 1 aliphatic heterocycles. The molecule has 1 saturated heterocycles. The summed E-state index contributed by atoms with van der Waals surface area (Å²) in [5, 5.41) is 24.5. The van der Waals surface area contributed by atoms with Gasteiger partial charge in [-0.15, -0.1) is 0 Å². The number of aryl methyl sites for hydroxylation is 2. The molecular weight excluding hydrogens is 252 g/mol. The largest absolute Gasteiger partial charge is 0.480 e. The number of hydrogen-bond acceptors (Lipinski definition) is 5. The van der Waals surface area contributed by atoms with Crippen molar-refractivity contribution in [1.82, 2.24) is 9.78 Å². The summed E-state index contributed by atoms with van der Waals surface area (Å²) < 4.78 is 1.41. The Balaban J connectivity index is 2.52. The molecule has 0 aromatic carbocycles. The van der Waals surface area contributed by atoms with Crippen LogP contribution in [-0.2, 0) is 18.3 Å². The van der Waals surface area contributed by atoms with E-state index in [0.29, 0.717) is 37.3 Å². The molecule has 1 unspecified atom stereocenters. The average Bonchev–Trinajstić information content (AvgIpc) is 2.91. The molecule has 8 heteroatoms. The number of aliphatic carboxylic acids is 1. The van der Waals surface area contributed by atoms with Crippen LogP contribution in [0.4, 0.5) is 11.5 Å². The van der Waals surface area contributed by atoms with E-state index in [1.54, 1.807) is 18.9 Å². The molecule has 19 heavy (non-hydrogen) atoms. The quantitative estimate of drug-likeness (QED) is 0.644. The lowest BCUT2D eigenvalue weighted by Gasteiger charge is -2.22. The number of carboxylic acids is 1. The first-order valence-corrected chi connectivity index (χ1v) is 6.17. The van der Waals surface area contributed by atoms with Crippen LogP contribution < -0.4 is 4.90 Å². The number of rotatable bonds is 4. The van der Waals surface area contributed by atoms with E-state index in [-0.39, 0.29) is 5.69 Å². The lowest BCUT2D eigenvalue weighted by Crippen LogP contribution is -2.37. The Morgan fingerprint density at radius 1 is 1.63 bits per heavy atom. The van der Waals surface area contributed by atoms with Gasteiger partial charge in [0.1, 0.15) is 11.7 Å². The Morgan fingerprint density at radius 2 is 2.32 bits per heavy atom. The standard InChI is InChI=1S/C11H16N4O4/c1-3-7-9(15(18)19)10(13(2)12-7)14-6-4-5-8(14)11(16)17/h8H,3-6H2,1-2H3,(H,16,17). The number of hydrogen-bond donors (Lipinski definition) is 1. The minimum absolute atomic E-state index is 0.0712. The second-order valence-electron chi connectivity index (χ2n) is 4.54. The molecular formula is C11H16N4O4. The summed E-state index contributed by atoms with van der Waals surface area (Å²) >= 11 is 0. The van der Waals surface area contributed by atoms with Crippen LogP contribution in [-0.4, -0.2) is 38.4 Å². The molecule has 104 valence electrons. The van der Waals surface area contributed by atoms with Gasteiger partial charge in [-0.05, 0) is 19.3 Å². The molecule has 1 fully saturated rings. The van der Waals surface area contributed by atoms with Crippen LogP contribution in [0.2, 0.25) is 0 Å². The molecule has 8 nitrogen and oxygen atoms in total. The zero-order chi connectivity index (χ0) is 14.2. The van der Waals surface area contributed by atoms with Gasteiger partial charge in [-0.1, -0.05) is 6.92 Å². The fourth-order valence-corrected chi connectivity index (χ4v) is 2.58. The zero-order valence-corrected chi connectivity index (χ0v) is 10.9. The van der Waals surface area contributed by atoms with E-state index in [1.807, 2.05) is 0 Å². The molecule has 0 amide bonds. The van der Waals surface area contributed by atoms with E-state index in [0.717, 1.165) is 0 Å². The van der Waals surface area contributed by atoms with E-state index in [2.05, 4.69) is 5.10 Å². The number of carbonyl (C=O) groups is 1. The first-order chi connectivity index (χ1) is 8.97. The van der Waals surface area contributed by atoms with Crippen molar-refractivity contribution in [2.45, 2.75) is 32.2 Å². The van der Waals surface area contributed by atoms with E-state index in [1.165, 1.54) is 4.68 Å². The predicted molar refractivity (Wildman–Crippen MR) is 67.2 cm³/mol. The molecule has 1 aliphatic rings. The van der Waals surface area contributed by atoms with Crippen molar-refractivity contribution in [3.8, 4) is 0 Å². The predicted octanol–water partition coefficient (Wildman–Crippen LogP) is 0.944. The van der Waals surface area contributed by atoms with Crippen LogP contribution in [0.25, 0.3) is 0 Å². The van der Waals surface area contributed by atoms with Gasteiger partial charge in [0.25, 0.3) is 0 Å². The molecule has 1 atom stereocenters. The first-order valence-electron chi connectivity index (χ1n) is 6.17. The smallest absolute Gasteiger partial charge is 0.334 e. The number of anilines is 1. The van der Waals surface area contributed by atoms with E-state index in [4.69, 9.17) is 0 Å². The second kappa shape index (κ2) is 4.87. The van der Waals surface area contributed by atoms with Crippen molar-refractivity contribution in [3.05, 3.63) is 15.8 Å². The summed E-state index contributed by atoms with van der Waals surface area (Å²) in [5.74, 6) is -0.655. The molecule has 0 radical (unpaired) electrons. The third-order valence-corrected chi connectivity index (χ3v) is 3.39. The maximum Gasteiger partial charge on any atom is 0.334 e. The van der Waals surface area contributed by atoms with Crippen molar-refractivity contribution < 1.29 is 14.8 Å². The fourth-order valence-electron chi connectivity index (χ4n) is 2.58. The van der Waals surface area contributed by atoms with Gasteiger partial charge in [0.2, 0.25) is 5.82 Å². The molecule has 0 aliphatic carbocycles. The number of aromatic nitrogens is 2. The van der Waals surface area contributed by atoms with Crippen LogP contribution in [0.15, 0.2) is 0 Å². The van der Waals surface area contributed by atoms with Gasteiger partial charge in [0, 0.05) is 13.6 Å². The zero-order valence-electron chi connectivity index (χ0n) is 10.9. The van der Waals surface area contributed by atoms with Crippen LogP contribution in [0.3, 0.4) is 0 Å². The average molecular weight is 268 g/mol. The summed E-state index contributed by atoms with van der Waals surface area (Å²) in [4.78, 5) is 23.5. The van der Waals surface area contributed by atoms with Crippen molar-refractivity contribution in [2.75, 3.05) is 11.4 Å². The fraction of sp³-hybridized carbons (Fsp3) is 0.636. The summed E-state index contributed by atoms with van der Waals surface area (Å²) in [6.07, 6.45) is 1.65. The molecule has 0 bridgehead atoms. The summed E-state index contributed by atoms with van der Waals surface area (Å²) in [6, 6.07) is -0.709. The highest BCUT2D eigenvalue weighted by molar-refractivity contribution is 5.80. The van der Waals surface area contributed by atoms with Crippen molar-refractivity contribution in [3.63, 3.8) is 0 Å². The lowest BCUT2D eigenvalue weighted by molar-refractivity contribution is -0.384. The Morgan fingerprint density at radius 3 is 2.84 bits per heavy atom. The van der Waals surface area contributed by atoms with Gasteiger partial charge in [0.15, 0.2) is 0 Å². The van der Waals surface area contributed by atoms with Gasteiger partial charge in [-0.2, -0.15) is 5.10 Å². The molecule has 1 N–H and O–H groups in total. The van der Waals surface area contributed by atoms with Gasteiger partial charge in [-0.3, -0.25) is 10.1 Å². The SMILES string of the molecule is CCc1nn(C)c(N2CCCC2C(=O)O)c1[N+](=O)[O-]. The monoisotopic (exact) mass is 268 g/mol. The van der Waals surface area contributed by atoms with Gasteiger partial charge in [0.05, 0.1) is 4.92 Å². The third kappa shape index (κ3) is 2.13. The van der Waals surface area contributed by atoms with Crippen molar-refractivity contribution in [1.29, 1.82) is 0 Å². The Kier molecular flexibility index (Phi) is 3.41. The minimum Gasteiger partial charge on any atom is -0.480 e. The Bertz CT molecular complexity index is 525. The lowest BCUT2D eigenvalue weighted by atomic mass is 10.2. The first kappa shape index (κ1) is 13.3. The maximum atomic E-state index is 11.2. The van der Waals surface area contributed by atoms with Gasteiger partial charge >= 0.3 is 11.7 Å². The summed E-state index contributed by atoms with van der Waals surface area (Å²) in [6.45, 7) is 2.29. The second-order valence-corrected chi connectivity index (χ2v) is 4.54. The van der Waals surface area contributed by atoms with E-state index in [9.17, 15) is 20.0 Å². The Hall–Kier alpha value is -2.12. The summed E-state index contributed by atoms with van der Waals surface area (Å²) in [7, 11) is 1.61. The topological polar surface area (TPSA) is 102 Å². The highest BCUT2D eigenvalue weighted by Gasteiger charge is 2.38. The molecule has 2 heterocycles. The number of carboxylic acid groups (broad SMARTS) is 1. The Labute approximate surface area is 109 Å². The molecule has 0 saturated carbocycles. The third-order valence-electron chi connectivity index (χ3n) is 3.39. The normalized spacial score (nSPS) is 18.8. The van der Waals surface area contributed by atoms with E-state index < -0.39 is 16.9 Å². The highest BCUT2D eigenvalue weighted by Crippen LogP contribution is 2.35. The van der Waals surface area contributed by atoms with Gasteiger partial charge < -0.3 is 10.0 Å². The van der Waals surface area contributed by atoms with E-state index >= 15 is 0 Å². The summed E-state index contributed by atoms with van der Waals surface area (Å²) in [5.41, 5.74) is 0.316. The van der Waals surface area contributed by atoms with Crippen LogP contribution in [0.1, 0.15) is 25.5 Å². The van der Waals surface area contributed by atoms with Crippen LogP contribution in [0, 0.1) is 10.1 Å². The number of nitro groups is 1. The molecule has 2 rings (SSSR count). The number of nitrogens with zero attached hydrogens (tertiary/aromatic N) is 4. The molecule has 1 aromatic heterocycles. The van der Waals surface area contributed by atoms with Crippen LogP contribution >= 0.6 is 0 Å². The maximum absolute atomic E-state index is 11.2. The van der Waals surface area contributed by atoms with Crippen LogP contribution in [0.5, 0.6) is 0 Å². The van der Waals surface area contributed by atoms with Crippen molar-refractivity contribution in [2.24, 2.45) is 7.05 Å². The molecule has 1 aromatic rings. The van der Waals surface area contributed by atoms with Gasteiger partial charge in [-0.25, -0.2) is 9.48 Å². The minimum atomic E-state index is -0.953. The highest BCUT2D eigenvalue weighted by atomic mass is 16.6.